The molecule has 1 unspecified atom stereocenters. The Morgan fingerprint density at radius 2 is 1.94 bits per heavy atom. The Kier molecular flexibility index (Phi) is 9.02. The lowest BCUT2D eigenvalue weighted by atomic mass is 10.2. The monoisotopic (exact) mass is 263 g/mol. The summed E-state index contributed by atoms with van der Waals surface area (Å²) in [6, 6.07) is 0.403. The van der Waals surface area contributed by atoms with Gasteiger partial charge in [-0.3, -0.25) is 0 Å². The molecule has 0 heterocycles. The molecule has 0 aromatic carbocycles. The van der Waals surface area contributed by atoms with Crippen LogP contribution in [0.4, 0.5) is 0 Å². The van der Waals surface area contributed by atoms with Gasteiger partial charge in [0.15, 0.2) is 0 Å². The molecule has 104 valence electrons. The third-order valence-electron chi connectivity index (χ3n) is 3.19. The molecule has 0 radical (unpaired) electrons. The maximum atomic E-state index is 5.60. The van der Waals surface area contributed by atoms with E-state index < -0.39 is 5.91 Å². The number of ether oxygens (including phenoxy) is 2. The van der Waals surface area contributed by atoms with E-state index in [9.17, 15) is 0 Å². The first-order valence-electron chi connectivity index (χ1n) is 6.27. The highest BCUT2D eigenvalue weighted by molar-refractivity contribution is 6.04. The Hall–Kier alpha value is 0.0169. The molecule has 0 saturated heterocycles. The third kappa shape index (κ3) is 5.03. The van der Waals surface area contributed by atoms with Crippen LogP contribution in [0.1, 0.15) is 20.3 Å². The average Bonchev–Trinajstić information content (AvgIpc) is 2.37. The number of nitrogens with one attached hydrogen (secondary N) is 2. The fraction of sp³-hybridized carbons (Fsp3) is 1.00. The number of methoxy groups -OCH3 is 2. The van der Waals surface area contributed by atoms with Gasteiger partial charge in [0.05, 0.1) is 10.4 Å². The molecule has 0 rings (SSSR count). The smallest absolute Gasteiger partial charge is 0.229 e. The van der Waals surface area contributed by atoms with Gasteiger partial charge in [0.2, 0.25) is 5.91 Å². The van der Waals surface area contributed by atoms with Crippen molar-refractivity contribution in [2.75, 3.05) is 40.9 Å². The van der Waals surface area contributed by atoms with E-state index in [0.717, 1.165) is 36.5 Å². The molecule has 1 atom stereocenters. The number of likely N-dealkylation sites (N-methyl/N-ethyl adjacent to an activating group) is 1. The average molecular weight is 263 g/mol. The minimum atomic E-state index is -0.608. The molecule has 6 heteroatoms. The van der Waals surface area contributed by atoms with E-state index in [4.69, 9.17) is 9.47 Å². The van der Waals surface area contributed by atoms with Crippen LogP contribution >= 0.6 is 0 Å². The van der Waals surface area contributed by atoms with E-state index in [0.29, 0.717) is 6.04 Å². The van der Waals surface area contributed by atoms with E-state index in [2.05, 4.69) is 29.0 Å². The quantitative estimate of drug-likeness (QED) is 0.396. The second kappa shape index (κ2) is 9.01. The van der Waals surface area contributed by atoms with Gasteiger partial charge in [-0.25, -0.2) is 4.90 Å². The summed E-state index contributed by atoms with van der Waals surface area (Å²) in [7, 11) is 6.40. The molecule has 0 fully saturated rings. The molecule has 0 bridgehead atoms. The Morgan fingerprint density at radius 1 is 1.35 bits per heavy atom. The third-order valence-corrected chi connectivity index (χ3v) is 3.69. The summed E-state index contributed by atoms with van der Waals surface area (Å²) >= 11 is 0. The predicted molar refractivity (Wildman–Crippen MR) is 75.1 cm³/mol. The van der Waals surface area contributed by atoms with Gasteiger partial charge in [-0.2, -0.15) is 0 Å². The summed E-state index contributed by atoms with van der Waals surface area (Å²) < 4.78 is 11.2. The Labute approximate surface area is 109 Å². The zero-order valence-corrected chi connectivity index (χ0v) is 14.2. The van der Waals surface area contributed by atoms with Crippen LogP contribution < -0.4 is 10.3 Å². The van der Waals surface area contributed by atoms with Crippen LogP contribution in [0.15, 0.2) is 0 Å². The van der Waals surface area contributed by atoms with Crippen LogP contribution in [0.2, 0.25) is 0 Å². The fourth-order valence-electron chi connectivity index (χ4n) is 1.92. The maximum Gasteiger partial charge on any atom is 0.229 e. The topological polar surface area (TPSA) is 45.8 Å². The van der Waals surface area contributed by atoms with Crippen LogP contribution in [0.5, 0.6) is 0 Å². The van der Waals surface area contributed by atoms with Crippen molar-refractivity contribution in [3.63, 3.8) is 0 Å². The molecule has 5 nitrogen and oxygen atoms in total. The molecule has 0 aliphatic heterocycles. The van der Waals surface area contributed by atoms with Gasteiger partial charge in [0.1, 0.15) is 0 Å². The molecule has 0 amide bonds. The number of hydrogen-bond donors (Lipinski definition) is 2. The van der Waals surface area contributed by atoms with Crippen LogP contribution in [-0.4, -0.2) is 68.2 Å². The van der Waals surface area contributed by atoms with Gasteiger partial charge >= 0.3 is 0 Å². The van der Waals surface area contributed by atoms with Crippen molar-refractivity contribution in [3.8, 4) is 0 Å². The summed E-state index contributed by atoms with van der Waals surface area (Å²) in [6.45, 7) is 7.03. The molecule has 0 aromatic rings. The SMILES string of the molecule is CCC(OC)(OC)N(CCN[SiH3])CC(C)NC. The van der Waals surface area contributed by atoms with Crippen molar-refractivity contribution in [2.24, 2.45) is 0 Å². The van der Waals surface area contributed by atoms with Crippen molar-refractivity contribution in [1.29, 1.82) is 0 Å². The van der Waals surface area contributed by atoms with Crippen molar-refractivity contribution in [3.05, 3.63) is 0 Å². The molecular weight excluding hydrogens is 234 g/mol. The lowest BCUT2D eigenvalue weighted by molar-refractivity contribution is -0.297. The molecular formula is C11H29N3O2Si. The van der Waals surface area contributed by atoms with Gasteiger partial charge in [-0.1, -0.05) is 6.92 Å². The first-order valence-corrected chi connectivity index (χ1v) is 7.27. The molecule has 17 heavy (non-hydrogen) atoms. The van der Waals surface area contributed by atoms with Gasteiger partial charge in [0.25, 0.3) is 0 Å². The van der Waals surface area contributed by atoms with Gasteiger partial charge < -0.3 is 19.8 Å². The highest BCUT2D eigenvalue weighted by Crippen LogP contribution is 2.21. The van der Waals surface area contributed by atoms with Gasteiger partial charge in [-0.05, 0) is 14.0 Å². The van der Waals surface area contributed by atoms with Crippen LogP contribution in [0.3, 0.4) is 0 Å². The first kappa shape index (κ1) is 17.0. The fourth-order valence-corrected chi connectivity index (χ4v) is 2.15. The molecule has 0 saturated carbocycles. The molecule has 0 aliphatic carbocycles. The predicted octanol–water partition coefficient (Wildman–Crippen LogP) is -0.877. The lowest BCUT2D eigenvalue weighted by Gasteiger charge is -2.41. The number of rotatable bonds is 10. The second-order valence-corrected chi connectivity index (χ2v) is 4.92. The Morgan fingerprint density at radius 3 is 2.29 bits per heavy atom. The summed E-state index contributed by atoms with van der Waals surface area (Å²) in [6.07, 6.45) is 0.803. The van der Waals surface area contributed by atoms with Crippen molar-refractivity contribution in [2.45, 2.75) is 32.2 Å². The highest BCUT2D eigenvalue weighted by Gasteiger charge is 2.35. The standard InChI is InChI=1S/C11H29N3O2Si/c1-6-11(15-4,16-5)14(8-7-13-17)9-10(2)12-3/h10,12-13H,6-9H2,1-5,17H3. The van der Waals surface area contributed by atoms with Crippen molar-refractivity contribution >= 4 is 10.4 Å². The highest BCUT2D eigenvalue weighted by atomic mass is 28.2. The van der Waals surface area contributed by atoms with Crippen LogP contribution in [-0.2, 0) is 9.47 Å². The first-order chi connectivity index (χ1) is 8.10. The van der Waals surface area contributed by atoms with Crippen LogP contribution in [0, 0.1) is 0 Å². The van der Waals surface area contributed by atoms with E-state index in [1.54, 1.807) is 14.2 Å². The molecule has 0 aromatic heterocycles. The van der Waals surface area contributed by atoms with Crippen molar-refractivity contribution < 1.29 is 9.47 Å². The van der Waals surface area contributed by atoms with Gasteiger partial charge in [-0.15, -0.1) is 0 Å². The molecule has 0 aliphatic rings. The van der Waals surface area contributed by atoms with E-state index in [1.807, 2.05) is 7.05 Å². The largest absolute Gasteiger partial charge is 0.344 e. The normalized spacial score (nSPS) is 14.5. The minimum Gasteiger partial charge on any atom is -0.344 e. The summed E-state index contributed by atoms with van der Waals surface area (Å²) in [4.78, 5) is 5.55. The van der Waals surface area contributed by atoms with E-state index >= 15 is 0 Å². The summed E-state index contributed by atoms with van der Waals surface area (Å²) in [5.74, 6) is -0.608. The zero-order chi connectivity index (χ0) is 13.3. The van der Waals surface area contributed by atoms with Gasteiger partial charge in [0, 0.05) is 46.3 Å². The Bertz CT molecular complexity index is 183. The van der Waals surface area contributed by atoms with Crippen LogP contribution in [0.25, 0.3) is 0 Å². The van der Waals surface area contributed by atoms with Crippen molar-refractivity contribution in [1.82, 2.24) is 15.2 Å². The number of nitrogens with zero attached hydrogens (tertiary/aromatic N) is 1. The Balaban J connectivity index is 4.71. The maximum absolute atomic E-state index is 5.60. The lowest BCUT2D eigenvalue weighted by Crippen LogP contribution is -2.56. The second-order valence-electron chi connectivity index (χ2n) is 4.21. The number of hydrogen-bond acceptors (Lipinski definition) is 5. The summed E-state index contributed by atoms with van der Waals surface area (Å²) in [5.41, 5.74) is 0. The molecule has 2 N–H and O–H groups in total. The minimum absolute atomic E-state index is 0.403. The van der Waals surface area contributed by atoms with E-state index in [1.165, 1.54) is 0 Å². The van der Waals surface area contributed by atoms with E-state index in [-0.39, 0.29) is 0 Å². The molecule has 0 spiro atoms. The summed E-state index contributed by atoms with van der Waals surface area (Å²) in [5, 5.41) is 3.25. The zero-order valence-electron chi connectivity index (χ0n) is 12.2.